The minimum atomic E-state index is 1.14. The molecule has 0 atom stereocenters. The predicted molar refractivity (Wildman–Crippen MR) is 71.4 cm³/mol. The van der Waals surface area contributed by atoms with Gasteiger partial charge in [0.2, 0.25) is 0 Å². The summed E-state index contributed by atoms with van der Waals surface area (Å²) in [7, 11) is 0. The second-order valence-electron chi connectivity index (χ2n) is 2.41. The van der Waals surface area contributed by atoms with Gasteiger partial charge in [0, 0.05) is 9.79 Å². The zero-order valence-corrected chi connectivity index (χ0v) is 11.9. The first-order valence-electron chi connectivity index (χ1n) is 3.97. The molecule has 0 saturated heterocycles. The molecule has 1 aromatic heterocycles. The second-order valence-corrected chi connectivity index (χ2v) is 5.70. The first-order chi connectivity index (χ1) is 6.76. The highest BCUT2D eigenvalue weighted by Gasteiger charge is 2.09. The van der Waals surface area contributed by atoms with Crippen LogP contribution in [0.3, 0.4) is 0 Å². The molecule has 0 aliphatic rings. The van der Waals surface area contributed by atoms with Crippen LogP contribution in [0.15, 0.2) is 25.9 Å². The number of hydrogen-bond acceptors (Lipinski definition) is 5. The predicted octanol–water partition coefficient (Wildman–Crippen LogP) is 3.97. The molecule has 0 aromatic carbocycles. The molecule has 1 rings (SSSR count). The van der Waals surface area contributed by atoms with Crippen molar-refractivity contribution in [2.75, 3.05) is 25.0 Å². The maximum atomic E-state index is 4.64. The normalized spacial score (nSPS) is 10.6. The Hall–Kier alpha value is 0.550. The quantitative estimate of drug-likeness (QED) is 0.760. The highest BCUT2D eigenvalue weighted by Crippen LogP contribution is 2.35. The SMILES string of the molecule is CSc1cc(SC)c(SC)nc1SC. The Morgan fingerprint density at radius 2 is 1.21 bits per heavy atom. The van der Waals surface area contributed by atoms with Gasteiger partial charge in [-0.2, -0.15) is 0 Å². The van der Waals surface area contributed by atoms with Crippen LogP contribution in [0.4, 0.5) is 0 Å². The molecule has 78 valence electrons. The summed E-state index contributed by atoms with van der Waals surface area (Å²) in [5, 5.41) is 2.28. The van der Waals surface area contributed by atoms with E-state index in [1.54, 1.807) is 47.0 Å². The maximum absolute atomic E-state index is 4.64. The third-order valence-corrected chi connectivity index (χ3v) is 4.87. The van der Waals surface area contributed by atoms with Crippen molar-refractivity contribution in [1.29, 1.82) is 0 Å². The molecule has 0 aliphatic heterocycles. The molecule has 0 saturated carbocycles. The molecular weight excluding hydrogens is 250 g/mol. The highest BCUT2D eigenvalue weighted by molar-refractivity contribution is 8.02. The van der Waals surface area contributed by atoms with Crippen LogP contribution in [0.25, 0.3) is 0 Å². The van der Waals surface area contributed by atoms with Crippen molar-refractivity contribution < 1.29 is 0 Å². The van der Waals surface area contributed by atoms with E-state index in [4.69, 9.17) is 0 Å². The lowest BCUT2D eigenvalue weighted by molar-refractivity contribution is 0.886. The van der Waals surface area contributed by atoms with E-state index in [0.29, 0.717) is 0 Å². The van der Waals surface area contributed by atoms with Crippen LogP contribution in [0.2, 0.25) is 0 Å². The molecule has 0 unspecified atom stereocenters. The van der Waals surface area contributed by atoms with E-state index < -0.39 is 0 Å². The minimum absolute atomic E-state index is 1.14. The van der Waals surface area contributed by atoms with Gasteiger partial charge in [-0.25, -0.2) is 4.98 Å². The van der Waals surface area contributed by atoms with Gasteiger partial charge in [-0.15, -0.1) is 47.0 Å². The summed E-state index contributed by atoms with van der Waals surface area (Å²) >= 11 is 6.95. The van der Waals surface area contributed by atoms with Gasteiger partial charge < -0.3 is 0 Å². The van der Waals surface area contributed by atoms with E-state index in [1.807, 2.05) is 0 Å². The van der Waals surface area contributed by atoms with Crippen molar-refractivity contribution in [3.63, 3.8) is 0 Å². The van der Waals surface area contributed by atoms with Crippen molar-refractivity contribution in [3.8, 4) is 0 Å². The number of thioether (sulfide) groups is 4. The number of pyridine rings is 1. The molecule has 0 N–H and O–H groups in total. The van der Waals surface area contributed by atoms with Crippen molar-refractivity contribution in [1.82, 2.24) is 4.98 Å². The first-order valence-corrected chi connectivity index (χ1v) is 8.87. The number of aromatic nitrogens is 1. The van der Waals surface area contributed by atoms with Gasteiger partial charge in [0.05, 0.1) is 0 Å². The van der Waals surface area contributed by atoms with Crippen LogP contribution in [-0.4, -0.2) is 30.0 Å². The molecule has 0 amide bonds. The summed E-state index contributed by atoms with van der Waals surface area (Å²) in [6.07, 6.45) is 8.34. The zero-order chi connectivity index (χ0) is 10.6. The van der Waals surface area contributed by atoms with Crippen molar-refractivity contribution in [2.24, 2.45) is 0 Å². The van der Waals surface area contributed by atoms with E-state index in [2.05, 4.69) is 36.1 Å². The summed E-state index contributed by atoms with van der Waals surface area (Å²) in [6.45, 7) is 0. The van der Waals surface area contributed by atoms with Crippen LogP contribution < -0.4 is 0 Å². The molecular formula is C9H13NS4. The average molecular weight is 263 g/mol. The fourth-order valence-electron chi connectivity index (χ4n) is 1.03. The van der Waals surface area contributed by atoms with Gasteiger partial charge in [0.15, 0.2) is 0 Å². The minimum Gasteiger partial charge on any atom is -0.233 e. The van der Waals surface area contributed by atoms with E-state index in [-0.39, 0.29) is 0 Å². The van der Waals surface area contributed by atoms with E-state index in [0.717, 1.165) is 10.1 Å². The van der Waals surface area contributed by atoms with E-state index >= 15 is 0 Å². The topological polar surface area (TPSA) is 12.9 Å². The summed E-state index contributed by atoms with van der Waals surface area (Å²) < 4.78 is 0. The third-order valence-electron chi connectivity index (χ3n) is 1.71. The smallest absolute Gasteiger partial charge is 0.111 e. The summed E-state index contributed by atoms with van der Waals surface area (Å²) in [4.78, 5) is 7.19. The van der Waals surface area contributed by atoms with E-state index in [9.17, 15) is 0 Å². The number of rotatable bonds is 4. The summed E-state index contributed by atoms with van der Waals surface area (Å²) in [5.41, 5.74) is 0. The van der Waals surface area contributed by atoms with Crippen LogP contribution in [0.5, 0.6) is 0 Å². The molecule has 0 bridgehead atoms. The lowest BCUT2D eigenvalue weighted by Gasteiger charge is -2.09. The van der Waals surface area contributed by atoms with Gasteiger partial charge in [0.25, 0.3) is 0 Å². The third kappa shape index (κ3) is 2.78. The van der Waals surface area contributed by atoms with Crippen molar-refractivity contribution in [3.05, 3.63) is 6.07 Å². The Bertz CT molecular complexity index is 256. The Balaban J connectivity index is 3.20. The zero-order valence-electron chi connectivity index (χ0n) is 8.66. The fourth-order valence-corrected chi connectivity index (χ4v) is 3.96. The van der Waals surface area contributed by atoms with Crippen molar-refractivity contribution in [2.45, 2.75) is 19.8 Å². The fraction of sp³-hybridized carbons (Fsp3) is 0.444. The highest BCUT2D eigenvalue weighted by atomic mass is 32.2. The molecule has 14 heavy (non-hydrogen) atoms. The summed E-state index contributed by atoms with van der Waals surface area (Å²) in [6, 6.07) is 2.24. The number of nitrogens with zero attached hydrogens (tertiary/aromatic N) is 1. The maximum Gasteiger partial charge on any atom is 0.111 e. The van der Waals surface area contributed by atoms with Gasteiger partial charge in [-0.05, 0) is 31.1 Å². The van der Waals surface area contributed by atoms with E-state index in [1.165, 1.54) is 9.79 Å². The number of hydrogen-bond donors (Lipinski definition) is 0. The Morgan fingerprint density at radius 1 is 0.786 bits per heavy atom. The molecule has 0 radical (unpaired) electrons. The molecule has 0 fully saturated rings. The lowest BCUT2D eigenvalue weighted by atomic mass is 10.5. The van der Waals surface area contributed by atoms with Crippen LogP contribution in [-0.2, 0) is 0 Å². The Labute approximate surface area is 103 Å². The van der Waals surface area contributed by atoms with Crippen LogP contribution >= 0.6 is 47.0 Å². The Morgan fingerprint density at radius 3 is 1.50 bits per heavy atom. The van der Waals surface area contributed by atoms with Gasteiger partial charge >= 0.3 is 0 Å². The monoisotopic (exact) mass is 263 g/mol. The van der Waals surface area contributed by atoms with Crippen LogP contribution in [0, 0.1) is 0 Å². The first kappa shape index (κ1) is 12.6. The van der Waals surface area contributed by atoms with Gasteiger partial charge in [-0.1, -0.05) is 0 Å². The second kappa shape index (κ2) is 6.20. The molecule has 1 aromatic rings. The van der Waals surface area contributed by atoms with Crippen LogP contribution in [0.1, 0.15) is 0 Å². The molecule has 0 aliphatic carbocycles. The lowest BCUT2D eigenvalue weighted by Crippen LogP contribution is -1.89. The average Bonchev–Trinajstić information content (AvgIpc) is 2.26. The molecule has 0 spiro atoms. The van der Waals surface area contributed by atoms with Gasteiger partial charge in [-0.3, -0.25) is 0 Å². The summed E-state index contributed by atoms with van der Waals surface area (Å²) in [5.74, 6) is 0. The largest absolute Gasteiger partial charge is 0.233 e. The van der Waals surface area contributed by atoms with Crippen molar-refractivity contribution >= 4 is 47.0 Å². The van der Waals surface area contributed by atoms with Gasteiger partial charge in [0.1, 0.15) is 10.1 Å². The molecule has 1 heterocycles. The Kier molecular flexibility index (Phi) is 5.59. The standard InChI is InChI=1S/C9H13NS4/c1-11-6-5-7(12-2)9(14-4)10-8(6)13-3/h5H,1-4H3. The molecule has 5 heteroatoms. The molecule has 1 nitrogen and oxygen atoms in total.